The number of methoxy groups -OCH3 is 1. The molecule has 7 heteroatoms. The molecule has 0 aliphatic carbocycles. The minimum atomic E-state index is -1.15. The smallest absolute Gasteiger partial charge is 0.336 e. The highest BCUT2D eigenvalue weighted by molar-refractivity contribution is 6.21. The summed E-state index contributed by atoms with van der Waals surface area (Å²) in [6.07, 6.45) is 1.46. The van der Waals surface area contributed by atoms with Crippen LogP contribution in [0.25, 0.3) is 22.6 Å². The summed E-state index contributed by atoms with van der Waals surface area (Å²) >= 11 is 0. The Morgan fingerprint density at radius 3 is 2.48 bits per heavy atom. The molecule has 2 aromatic carbocycles. The number of carbonyl (C=O) groups excluding carboxylic acids is 1. The second-order valence-electron chi connectivity index (χ2n) is 6.33. The molecule has 29 heavy (non-hydrogen) atoms. The van der Waals surface area contributed by atoms with E-state index >= 15 is 0 Å². The Balaban J connectivity index is 2.10. The second kappa shape index (κ2) is 8.02. The Labute approximate surface area is 165 Å². The van der Waals surface area contributed by atoms with Gasteiger partial charge in [-0.1, -0.05) is 18.2 Å². The molecule has 0 aliphatic rings. The van der Waals surface area contributed by atoms with Crippen LogP contribution in [0.4, 0.5) is 0 Å². The highest BCUT2D eigenvalue weighted by Crippen LogP contribution is 2.31. The molecule has 0 spiro atoms. The van der Waals surface area contributed by atoms with Crippen molar-refractivity contribution in [3.05, 3.63) is 69.6 Å². The highest BCUT2D eigenvalue weighted by atomic mass is 16.6. The van der Waals surface area contributed by atoms with Crippen LogP contribution < -0.4 is 15.1 Å². The SMILES string of the molecule is COc1cc(/C=C(/C(=O)O)c2ccc3c(C)cc(=O)oc3c2)ccc1OC(C)=O. The third-order valence-corrected chi connectivity index (χ3v) is 4.25. The number of carboxylic acids is 1. The van der Waals surface area contributed by atoms with Crippen molar-refractivity contribution in [3.63, 3.8) is 0 Å². The van der Waals surface area contributed by atoms with Crippen molar-refractivity contribution in [1.29, 1.82) is 0 Å². The maximum atomic E-state index is 11.9. The largest absolute Gasteiger partial charge is 0.493 e. The van der Waals surface area contributed by atoms with Gasteiger partial charge in [-0.3, -0.25) is 4.79 Å². The number of esters is 1. The van der Waals surface area contributed by atoms with E-state index in [4.69, 9.17) is 13.9 Å². The maximum Gasteiger partial charge on any atom is 0.336 e. The molecule has 3 rings (SSSR count). The quantitative estimate of drug-likeness (QED) is 0.232. The summed E-state index contributed by atoms with van der Waals surface area (Å²) in [5.41, 5.74) is 1.46. The number of carbonyl (C=O) groups is 2. The van der Waals surface area contributed by atoms with Crippen LogP contribution in [0.1, 0.15) is 23.6 Å². The molecule has 0 atom stereocenters. The van der Waals surface area contributed by atoms with Crippen molar-refractivity contribution in [2.45, 2.75) is 13.8 Å². The first-order valence-electron chi connectivity index (χ1n) is 8.65. The molecule has 148 valence electrons. The molecule has 0 fully saturated rings. The molecule has 0 bridgehead atoms. The van der Waals surface area contributed by atoms with E-state index in [9.17, 15) is 19.5 Å². The summed E-state index contributed by atoms with van der Waals surface area (Å²) in [4.78, 5) is 34.7. The average Bonchev–Trinajstić information content (AvgIpc) is 2.65. The fourth-order valence-corrected chi connectivity index (χ4v) is 2.94. The van der Waals surface area contributed by atoms with E-state index in [1.165, 1.54) is 38.3 Å². The van der Waals surface area contributed by atoms with Crippen LogP contribution in [0.15, 0.2) is 51.7 Å². The van der Waals surface area contributed by atoms with Crippen LogP contribution in [0, 0.1) is 6.92 Å². The zero-order valence-electron chi connectivity index (χ0n) is 16.0. The van der Waals surface area contributed by atoms with E-state index in [-0.39, 0.29) is 11.3 Å². The van der Waals surface area contributed by atoms with Gasteiger partial charge in [-0.05, 0) is 47.9 Å². The van der Waals surface area contributed by atoms with Gasteiger partial charge in [-0.15, -0.1) is 0 Å². The van der Waals surface area contributed by atoms with Gasteiger partial charge >= 0.3 is 17.6 Å². The van der Waals surface area contributed by atoms with Crippen molar-refractivity contribution in [1.82, 2.24) is 0 Å². The molecule has 1 aromatic heterocycles. The standard InChI is InChI=1S/C22H18O7/c1-12-8-21(24)29-19-11-15(5-6-16(12)19)17(22(25)26)9-14-4-7-18(28-13(2)23)20(10-14)27-3/h4-11H,1-3H3,(H,25,26)/b17-9+. The van der Waals surface area contributed by atoms with Gasteiger partial charge in [0.1, 0.15) is 5.58 Å². The van der Waals surface area contributed by atoms with Crippen LogP contribution in [-0.4, -0.2) is 24.2 Å². The van der Waals surface area contributed by atoms with Crippen LogP contribution in [0.3, 0.4) is 0 Å². The average molecular weight is 394 g/mol. The van der Waals surface area contributed by atoms with Gasteiger partial charge in [-0.2, -0.15) is 0 Å². The lowest BCUT2D eigenvalue weighted by atomic mass is 10.0. The molecule has 0 saturated heterocycles. The van der Waals surface area contributed by atoms with E-state index in [1.54, 1.807) is 31.2 Å². The van der Waals surface area contributed by atoms with Crippen LogP contribution in [0.5, 0.6) is 11.5 Å². The first kappa shape index (κ1) is 19.9. The summed E-state index contributed by atoms with van der Waals surface area (Å²) in [7, 11) is 1.42. The number of rotatable bonds is 5. The molecule has 0 amide bonds. The van der Waals surface area contributed by atoms with Crippen molar-refractivity contribution in [2.75, 3.05) is 7.11 Å². The van der Waals surface area contributed by atoms with Gasteiger partial charge in [0.05, 0.1) is 12.7 Å². The third kappa shape index (κ3) is 4.35. The first-order chi connectivity index (χ1) is 13.8. The Hall–Kier alpha value is -3.87. The summed E-state index contributed by atoms with van der Waals surface area (Å²) in [5, 5.41) is 10.4. The molecule has 0 unspecified atom stereocenters. The van der Waals surface area contributed by atoms with E-state index in [0.717, 1.165) is 10.9 Å². The molecule has 1 heterocycles. The van der Waals surface area contributed by atoms with E-state index in [0.29, 0.717) is 22.5 Å². The van der Waals surface area contributed by atoms with Gasteiger partial charge in [0.15, 0.2) is 11.5 Å². The Morgan fingerprint density at radius 1 is 1.07 bits per heavy atom. The van der Waals surface area contributed by atoms with Gasteiger partial charge in [0.25, 0.3) is 0 Å². The highest BCUT2D eigenvalue weighted by Gasteiger charge is 2.14. The van der Waals surface area contributed by atoms with Crippen molar-refractivity contribution >= 4 is 34.6 Å². The molecule has 7 nitrogen and oxygen atoms in total. The molecule has 0 radical (unpaired) electrons. The number of hydrogen-bond acceptors (Lipinski definition) is 6. The zero-order chi connectivity index (χ0) is 21.1. The summed E-state index contributed by atoms with van der Waals surface area (Å²) < 4.78 is 15.5. The molecule has 0 saturated carbocycles. The molecular formula is C22H18O7. The van der Waals surface area contributed by atoms with Gasteiger partial charge in [0.2, 0.25) is 0 Å². The second-order valence-corrected chi connectivity index (χ2v) is 6.33. The summed E-state index contributed by atoms with van der Waals surface area (Å²) in [5.74, 6) is -1.12. The molecule has 3 aromatic rings. The number of benzene rings is 2. The van der Waals surface area contributed by atoms with E-state index in [1.807, 2.05) is 0 Å². The fraction of sp³-hybridized carbons (Fsp3) is 0.136. The van der Waals surface area contributed by atoms with Gasteiger partial charge in [0, 0.05) is 18.4 Å². The topological polar surface area (TPSA) is 103 Å². The number of carboxylic acid groups (broad SMARTS) is 1. The number of hydrogen-bond donors (Lipinski definition) is 1. The first-order valence-corrected chi connectivity index (χ1v) is 8.65. The predicted octanol–water partition coefficient (Wildman–Crippen LogP) is 3.66. The van der Waals surface area contributed by atoms with E-state index in [2.05, 4.69) is 0 Å². The zero-order valence-corrected chi connectivity index (χ0v) is 16.0. The van der Waals surface area contributed by atoms with Crippen LogP contribution >= 0.6 is 0 Å². The lowest BCUT2D eigenvalue weighted by molar-refractivity contribution is -0.132. The molecule has 0 aliphatic heterocycles. The van der Waals surface area contributed by atoms with Crippen molar-refractivity contribution in [3.8, 4) is 11.5 Å². The minimum Gasteiger partial charge on any atom is -0.493 e. The molecule has 1 N–H and O–H groups in total. The fourth-order valence-electron chi connectivity index (χ4n) is 2.94. The Bertz CT molecular complexity index is 1200. The number of aliphatic carboxylic acids is 1. The van der Waals surface area contributed by atoms with Crippen molar-refractivity contribution in [2.24, 2.45) is 0 Å². The lowest BCUT2D eigenvalue weighted by Gasteiger charge is -2.10. The maximum absolute atomic E-state index is 11.9. The number of ether oxygens (including phenoxy) is 2. The van der Waals surface area contributed by atoms with Crippen molar-refractivity contribution < 1.29 is 28.6 Å². The van der Waals surface area contributed by atoms with Gasteiger partial charge in [-0.25, -0.2) is 9.59 Å². The van der Waals surface area contributed by atoms with E-state index < -0.39 is 17.6 Å². The minimum absolute atomic E-state index is 0.00153. The van der Waals surface area contributed by atoms with Crippen LogP contribution in [0.2, 0.25) is 0 Å². The Morgan fingerprint density at radius 2 is 1.83 bits per heavy atom. The lowest BCUT2D eigenvalue weighted by Crippen LogP contribution is -2.03. The predicted molar refractivity (Wildman–Crippen MR) is 107 cm³/mol. The third-order valence-electron chi connectivity index (χ3n) is 4.25. The Kier molecular flexibility index (Phi) is 5.50. The summed E-state index contributed by atoms with van der Waals surface area (Å²) in [6, 6.07) is 11.0. The van der Waals surface area contributed by atoms with Crippen LogP contribution in [-0.2, 0) is 9.59 Å². The monoisotopic (exact) mass is 394 g/mol. The number of aryl methyl sites for hydroxylation is 1. The number of fused-ring (bicyclic) bond motifs is 1. The summed E-state index contributed by atoms with van der Waals surface area (Å²) in [6.45, 7) is 3.05. The van der Waals surface area contributed by atoms with Gasteiger partial charge < -0.3 is 19.0 Å². The molecular weight excluding hydrogens is 376 g/mol. The normalized spacial score (nSPS) is 11.3.